The topological polar surface area (TPSA) is 76.9 Å². The molecule has 0 aliphatic rings. The molecule has 7 heteroatoms. The number of aromatic nitrogens is 3. The van der Waals surface area contributed by atoms with Gasteiger partial charge in [-0.2, -0.15) is 10.1 Å². The second-order valence-electron chi connectivity index (χ2n) is 5.88. The highest BCUT2D eigenvalue weighted by atomic mass is 19.1. The number of para-hydroxylation sites is 1. The molecule has 0 saturated heterocycles. The molecule has 1 heterocycles. The van der Waals surface area contributed by atoms with Gasteiger partial charge in [-0.25, -0.2) is 13.9 Å². The van der Waals surface area contributed by atoms with E-state index >= 15 is 0 Å². The van der Waals surface area contributed by atoms with Gasteiger partial charge < -0.3 is 5.32 Å². The summed E-state index contributed by atoms with van der Waals surface area (Å²) in [7, 11) is 0. The van der Waals surface area contributed by atoms with Gasteiger partial charge in [-0.3, -0.25) is 4.79 Å². The number of hydrogen-bond donors (Lipinski definition) is 1. The molecule has 0 bridgehead atoms. The van der Waals surface area contributed by atoms with Gasteiger partial charge in [0.05, 0.1) is 17.6 Å². The lowest BCUT2D eigenvalue weighted by Gasteiger charge is -2.14. The Balaban J connectivity index is 1.82. The normalized spacial score (nSPS) is 11.8. The molecule has 0 radical (unpaired) electrons. The van der Waals surface area contributed by atoms with Crippen molar-refractivity contribution in [3.8, 4) is 11.3 Å². The first-order chi connectivity index (χ1) is 12.5. The summed E-state index contributed by atoms with van der Waals surface area (Å²) < 4.78 is 14.6. The summed E-state index contributed by atoms with van der Waals surface area (Å²) >= 11 is 0. The van der Waals surface area contributed by atoms with Crippen molar-refractivity contribution in [3.05, 3.63) is 76.6 Å². The summed E-state index contributed by atoms with van der Waals surface area (Å²) in [5.74, 6) is -1.12. The van der Waals surface area contributed by atoms with Crippen molar-refractivity contribution in [3.63, 3.8) is 0 Å². The number of nitrogens with zero attached hydrogens (tertiary/aromatic N) is 3. The Labute approximate surface area is 149 Å². The van der Waals surface area contributed by atoms with E-state index in [4.69, 9.17) is 0 Å². The number of rotatable bonds is 4. The predicted octanol–water partition coefficient (Wildman–Crippen LogP) is 2.95. The third-order valence-corrected chi connectivity index (χ3v) is 3.94. The summed E-state index contributed by atoms with van der Waals surface area (Å²) in [5, 5.41) is 6.50. The van der Waals surface area contributed by atoms with E-state index in [1.165, 1.54) is 31.3 Å². The molecule has 1 atom stereocenters. The van der Waals surface area contributed by atoms with Crippen LogP contribution in [0.15, 0.2) is 59.5 Å². The van der Waals surface area contributed by atoms with Gasteiger partial charge in [0.25, 0.3) is 0 Å². The second-order valence-corrected chi connectivity index (χ2v) is 5.88. The highest BCUT2D eigenvalue weighted by Gasteiger charge is 2.19. The smallest absolute Gasteiger partial charge is 0.322 e. The molecule has 1 amide bonds. The molecule has 2 aromatic carbocycles. The Morgan fingerprint density at radius 1 is 1.15 bits per heavy atom. The fourth-order valence-electron chi connectivity index (χ4n) is 2.39. The molecule has 0 unspecified atom stereocenters. The van der Waals surface area contributed by atoms with Crippen LogP contribution in [0, 0.1) is 12.7 Å². The van der Waals surface area contributed by atoms with E-state index < -0.39 is 23.5 Å². The predicted molar refractivity (Wildman–Crippen MR) is 96.2 cm³/mol. The Morgan fingerprint density at radius 3 is 2.50 bits per heavy atom. The van der Waals surface area contributed by atoms with Crippen molar-refractivity contribution in [2.75, 3.05) is 5.32 Å². The second kappa shape index (κ2) is 7.26. The number of nitrogens with one attached hydrogen (secondary N) is 1. The lowest BCUT2D eigenvalue weighted by Crippen LogP contribution is -2.35. The molecule has 6 nitrogen and oxygen atoms in total. The van der Waals surface area contributed by atoms with Crippen LogP contribution in [0.2, 0.25) is 0 Å². The summed E-state index contributed by atoms with van der Waals surface area (Å²) in [4.78, 5) is 28.6. The first-order valence-corrected chi connectivity index (χ1v) is 8.04. The quantitative estimate of drug-likeness (QED) is 0.783. The van der Waals surface area contributed by atoms with E-state index in [2.05, 4.69) is 15.4 Å². The van der Waals surface area contributed by atoms with Crippen molar-refractivity contribution in [2.24, 2.45) is 0 Å². The monoisotopic (exact) mass is 352 g/mol. The molecule has 0 saturated carbocycles. The van der Waals surface area contributed by atoms with Gasteiger partial charge in [-0.15, -0.1) is 0 Å². The molecule has 0 spiro atoms. The van der Waals surface area contributed by atoms with Crippen molar-refractivity contribution >= 4 is 11.6 Å². The molecule has 0 aliphatic heterocycles. The SMILES string of the molecule is Cc1ccc(-c2cnn([C@H](C)C(=O)Nc3ccccc3F)c(=O)n2)cc1. The van der Waals surface area contributed by atoms with Gasteiger partial charge in [0.1, 0.15) is 11.9 Å². The molecular weight excluding hydrogens is 335 g/mol. The molecule has 0 aliphatic carbocycles. The zero-order valence-electron chi connectivity index (χ0n) is 14.3. The first-order valence-electron chi connectivity index (χ1n) is 8.04. The molecule has 3 rings (SSSR count). The van der Waals surface area contributed by atoms with Gasteiger partial charge in [-0.1, -0.05) is 42.0 Å². The Kier molecular flexibility index (Phi) is 4.88. The molecule has 3 aromatic rings. The van der Waals surface area contributed by atoms with E-state index in [-0.39, 0.29) is 5.69 Å². The highest BCUT2D eigenvalue weighted by Crippen LogP contribution is 2.16. The van der Waals surface area contributed by atoms with Crippen molar-refractivity contribution in [2.45, 2.75) is 19.9 Å². The number of amides is 1. The van der Waals surface area contributed by atoms with Crippen LogP contribution in [0.4, 0.5) is 10.1 Å². The number of hydrogen-bond acceptors (Lipinski definition) is 4. The van der Waals surface area contributed by atoms with Gasteiger partial charge in [-0.05, 0) is 26.0 Å². The van der Waals surface area contributed by atoms with Crippen LogP contribution in [0.3, 0.4) is 0 Å². The minimum atomic E-state index is -0.943. The lowest BCUT2D eigenvalue weighted by molar-refractivity contribution is -0.119. The zero-order chi connectivity index (χ0) is 18.7. The van der Waals surface area contributed by atoms with E-state index in [1.807, 2.05) is 31.2 Å². The summed E-state index contributed by atoms with van der Waals surface area (Å²) in [6.07, 6.45) is 1.43. The Hall–Kier alpha value is -3.35. The van der Waals surface area contributed by atoms with Crippen molar-refractivity contribution < 1.29 is 9.18 Å². The zero-order valence-corrected chi connectivity index (χ0v) is 14.3. The molecule has 26 heavy (non-hydrogen) atoms. The minimum absolute atomic E-state index is 0.0432. The lowest BCUT2D eigenvalue weighted by atomic mass is 10.1. The average molecular weight is 352 g/mol. The molecule has 1 aromatic heterocycles. The maximum absolute atomic E-state index is 13.7. The van der Waals surface area contributed by atoms with Crippen LogP contribution < -0.4 is 11.0 Å². The van der Waals surface area contributed by atoms with Gasteiger partial charge >= 0.3 is 5.69 Å². The van der Waals surface area contributed by atoms with Gasteiger partial charge in [0, 0.05) is 5.56 Å². The van der Waals surface area contributed by atoms with Crippen LogP contribution in [-0.2, 0) is 4.79 Å². The highest BCUT2D eigenvalue weighted by molar-refractivity contribution is 5.93. The maximum atomic E-state index is 13.7. The summed E-state index contributed by atoms with van der Waals surface area (Å²) in [5.41, 5.74) is 1.66. The largest absolute Gasteiger partial charge is 0.365 e. The fourth-order valence-corrected chi connectivity index (χ4v) is 2.39. The Morgan fingerprint density at radius 2 is 1.85 bits per heavy atom. The van der Waals surface area contributed by atoms with E-state index in [0.717, 1.165) is 15.8 Å². The van der Waals surface area contributed by atoms with E-state index in [0.29, 0.717) is 5.69 Å². The van der Waals surface area contributed by atoms with Gasteiger partial charge in [0.15, 0.2) is 0 Å². The summed E-state index contributed by atoms with van der Waals surface area (Å²) in [6.45, 7) is 3.46. The third-order valence-electron chi connectivity index (χ3n) is 3.94. The number of anilines is 1. The Bertz CT molecular complexity index is 999. The van der Waals surface area contributed by atoms with Crippen molar-refractivity contribution in [1.82, 2.24) is 14.8 Å². The number of carbonyl (C=O) groups is 1. The third kappa shape index (κ3) is 3.66. The van der Waals surface area contributed by atoms with Gasteiger partial charge in [0.2, 0.25) is 5.91 Å². The van der Waals surface area contributed by atoms with E-state index in [9.17, 15) is 14.0 Å². The van der Waals surface area contributed by atoms with Crippen LogP contribution >= 0.6 is 0 Å². The summed E-state index contributed by atoms with van der Waals surface area (Å²) in [6, 6.07) is 12.4. The van der Waals surface area contributed by atoms with E-state index in [1.54, 1.807) is 6.07 Å². The molecule has 1 N–H and O–H groups in total. The van der Waals surface area contributed by atoms with Crippen LogP contribution in [0.5, 0.6) is 0 Å². The van der Waals surface area contributed by atoms with Crippen LogP contribution in [-0.4, -0.2) is 20.7 Å². The molecule has 0 fully saturated rings. The standard InChI is InChI=1S/C19H17FN4O2/c1-12-7-9-14(10-8-12)17-11-21-24(19(26)23-17)13(2)18(25)22-16-6-4-3-5-15(16)20/h3-11,13H,1-2H3,(H,22,25)/t13-/m1/s1. The minimum Gasteiger partial charge on any atom is -0.322 e. The average Bonchev–Trinajstić information content (AvgIpc) is 2.63. The first kappa shape index (κ1) is 17.5. The number of halogens is 1. The number of aryl methyl sites for hydroxylation is 1. The van der Waals surface area contributed by atoms with Crippen molar-refractivity contribution in [1.29, 1.82) is 0 Å². The van der Waals surface area contributed by atoms with Crippen LogP contribution in [0.1, 0.15) is 18.5 Å². The van der Waals surface area contributed by atoms with Crippen LogP contribution in [0.25, 0.3) is 11.3 Å². The number of benzene rings is 2. The number of carbonyl (C=O) groups excluding carboxylic acids is 1. The fraction of sp³-hybridized carbons (Fsp3) is 0.158. The molecule has 132 valence electrons. The maximum Gasteiger partial charge on any atom is 0.365 e. The molecular formula is C19H17FN4O2.